The van der Waals surface area contributed by atoms with E-state index < -0.39 is 0 Å². The van der Waals surface area contributed by atoms with E-state index in [2.05, 4.69) is 13.8 Å². The standard InChI is InChI=1S/C16H34O3/c1-4-6-7-8-9-10-13-18-15-16(5-2)19-14-11-12-17-3/h16H,4-15H2,1-3H3. The van der Waals surface area contributed by atoms with E-state index in [-0.39, 0.29) is 6.10 Å². The molecule has 0 rings (SSSR count). The monoisotopic (exact) mass is 274 g/mol. The summed E-state index contributed by atoms with van der Waals surface area (Å²) in [4.78, 5) is 0. The summed E-state index contributed by atoms with van der Waals surface area (Å²) in [6.45, 7) is 7.56. The van der Waals surface area contributed by atoms with Gasteiger partial charge in [0.2, 0.25) is 0 Å². The molecule has 0 N–H and O–H groups in total. The van der Waals surface area contributed by atoms with Gasteiger partial charge in [0.05, 0.1) is 12.7 Å². The Morgan fingerprint density at radius 1 is 0.789 bits per heavy atom. The van der Waals surface area contributed by atoms with Crippen molar-refractivity contribution in [3.05, 3.63) is 0 Å². The van der Waals surface area contributed by atoms with Crippen LogP contribution in [0, 0.1) is 0 Å². The van der Waals surface area contributed by atoms with E-state index in [4.69, 9.17) is 14.2 Å². The smallest absolute Gasteiger partial charge is 0.0805 e. The molecule has 0 amide bonds. The largest absolute Gasteiger partial charge is 0.385 e. The maximum absolute atomic E-state index is 5.75. The molecule has 0 spiro atoms. The van der Waals surface area contributed by atoms with Crippen molar-refractivity contribution in [2.45, 2.75) is 71.3 Å². The molecule has 19 heavy (non-hydrogen) atoms. The Morgan fingerprint density at radius 3 is 2.21 bits per heavy atom. The highest BCUT2D eigenvalue weighted by Gasteiger charge is 2.06. The first-order chi connectivity index (χ1) is 9.35. The summed E-state index contributed by atoms with van der Waals surface area (Å²) >= 11 is 0. The molecular weight excluding hydrogens is 240 g/mol. The van der Waals surface area contributed by atoms with Crippen LogP contribution in [0.5, 0.6) is 0 Å². The summed E-state index contributed by atoms with van der Waals surface area (Å²) in [6, 6.07) is 0. The number of rotatable bonds is 15. The fourth-order valence-electron chi connectivity index (χ4n) is 1.94. The topological polar surface area (TPSA) is 27.7 Å². The molecule has 116 valence electrons. The number of methoxy groups -OCH3 is 1. The van der Waals surface area contributed by atoms with Crippen molar-refractivity contribution < 1.29 is 14.2 Å². The zero-order chi connectivity index (χ0) is 14.2. The van der Waals surface area contributed by atoms with E-state index in [0.717, 1.165) is 39.3 Å². The third kappa shape index (κ3) is 14.1. The first-order valence-electron chi connectivity index (χ1n) is 8.03. The quantitative estimate of drug-likeness (QED) is 0.419. The molecule has 3 nitrogen and oxygen atoms in total. The summed E-state index contributed by atoms with van der Waals surface area (Å²) in [5, 5.41) is 0. The summed E-state index contributed by atoms with van der Waals surface area (Å²) in [6.07, 6.45) is 10.1. The van der Waals surface area contributed by atoms with Gasteiger partial charge in [0.1, 0.15) is 0 Å². The molecule has 0 saturated heterocycles. The van der Waals surface area contributed by atoms with Crippen LogP contribution in [0.4, 0.5) is 0 Å². The molecule has 1 unspecified atom stereocenters. The van der Waals surface area contributed by atoms with Crippen LogP contribution in [0.3, 0.4) is 0 Å². The normalized spacial score (nSPS) is 12.8. The zero-order valence-corrected chi connectivity index (χ0v) is 13.3. The highest BCUT2D eigenvalue weighted by atomic mass is 16.5. The lowest BCUT2D eigenvalue weighted by Gasteiger charge is -2.16. The molecule has 0 bridgehead atoms. The second-order valence-electron chi connectivity index (χ2n) is 5.09. The molecule has 0 saturated carbocycles. The Labute approximate surface area is 120 Å². The molecule has 0 aromatic heterocycles. The fraction of sp³-hybridized carbons (Fsp3) is 1.00. The van der Waals surface area contributed by atoms with Gasteiger partial charge < -0.3 is 14.2 Å². The van der Waals surface area contributed by atoms with E-state index in [1.165, 1.54) is 38.5 Å². The summed E-state index contributed by atoms with van der Waals surface area (Å²) in [7, 11) is 1.72. The molecule has 3 heteroatoms. The van der Waals surface area contributed by atoms with Gasteiger partial charge in [-0.1, -0.05) is 46.0 Å². The molecule has 1 atom stereocenters. The maximum Gasteiger partial charge on any atom is 0.0805 e. The fourth-order valence-corrected chi connectivity index (χ4v) is 1.94. The first kappa shape index (κ1) is 18.9. The summed E-state index contributed by atoms with van der Waals surface area (Å²) in [5.41, 5.74) is 0. The van der Waals surface area contributed by atoms with Crippen molar-refractivity contribution in [1.29, 1.82) is 0 Å². The van der Waals surface area contributed by atoms with Crippen LogP contribution in [0.25, 0.3) is 0 Å². The van der Waals surface area contributed by atoms with Crippen molar-refractivity contribution in [1.82, 2.24) is 0 Å². The third-order valence-electron chi connectivity index (χ3n) is 3.25. The second-order valence-corrected chi connectivity index (χ2v) is 5.09. The van der Waals surface area contributed by atoms with Gasteiger partial charge in [-0.3, -0.25) is 0 Å². The number of hydrogen-bond acceptors (Lipinski definition) is 3. The number of hydrogen-bond donors (Lipinski definition) is 0. The second kappa shape index (κ2) is 15.9. The summed E-state index contributed by atoms with van der Waals surface area (Å²) in [5.74, 6) is 0. The van der Waals surface area contributed by atoms with E-state index >= 15 is 0 Å². The van der Waals surface area contributed by atoms with Crippen LogP contribution in [-0.4, -0.2) is 39.6 Å². The zero-order valence-electron chi connectivity index (χ0n) is 13.3. The highest BCUT2D eigenvalue weighted by molar-refractivity contribution is 4.54. The van der Waals surface area contributed by atoms with E-state index in [1.807, 2.05) is 0 Å². The average molecular weight is 274 g/mol. The third-order valence-corrected chi connectivity index (χ3v) is 3.25. The van der Waals surface area contributed by atoms with Gasteiger partial charge in [0.25, 0.3) is 0 Å². The van der Waals surface area contributed by atoms with Gasteiger partial charge in [-0.2, -0.15) is 0 Å². The van der Waals surface area contributed by atoms with E-state index in [9.17, 15) is 0 Å². The molecule has 0 aliphatic heterocycles. The molecule has 0 aliphatic carbocycles. The van der Waals surface area contributed by atoms with E-state index in [0.29, 0.717) is 0 Å². The highest BCUT2D eigenvalue weighted by Crippen LogP contribution is 2.06. The minimum absolute atomic E-state index is 0.247. The van der Waals surface area contributed by atoms with Crippen molar-refractivity contribution >= 4 is 0 Å². The Bertz CT molecular complexity index is 162. The van der Waals surface area contributed by atoms with Crippen molar-refractivity contribution in [2.24, 2.45) is 0 Å². The Hall–Kier alpha value is -0.120. The Balaban J connectivity index is 3.26. The van der Waals surface area contributed by atoms with Crippen molar-refractivity contribution in [3.8, 4) is 0 Å². The van der Waals surface area contributed by atoms with Crippen LogP contribution in [0.1, 0.15) is 65.2 Å². The molecule has 0 radical (unpaired) electrons. The van der Waals surface area contributed by atoms with Crippen LogP contribution in [-0.2, 0) is 14.2 Å². The summed E-state index contributed by atoms with van der Waals surface area (Å²) < 4.78 is 16.4. The number of unbranched alkanes of at least 4 members (excludes halogenated alkanes) is 5. The predicted octanol–water partition coefficient (Wildman–Crippen LogP) is 4.20. The van der Waals surface area contributed by atoms with Gasteiger partial charge >= 0.3 is 0 Å². The van der Waals surface area contributed by atoms with Crippen LogP contribution < -0.4 is 0 Å². The molecule has 0 aromatic rings. The maximum atomic E-state index is 5.75. The lowest BCUT2D eigenvalue weighted by molar-refractivity contribution is -0.0237. The first-order valence-corrected chi connectivity index (χ1v) is 8.03. The van der Waals surface area contributed by atoms with Crippen LogP contribution in [0.15, 0.2) is 0 Å². The van der Waals surface area contributed by atoms with Crippen LogP contribution >= 0.6 is 0 Å². The lowest BCUT2D eigenvalue weighted by Crippen LogP contribution is -2.20. The van der Waals surface area contributed by atoms with Gasteiger partial charge in [0, 0.05) is 26.9 Å². The Kier molecular flexibility index (Phi) is 15.8. The molecule has 0 aliphatic rings. The molecule has 0 aromatic carbocycles. The minimum atomic E-state index is 0.247. The molecule has 0 fully saturated rings. The minimum Gasteiger partial charge on any atom is -0.385 e. The van der Waals surface area contributed by atoms with E-state index in [1.54, 1.807) is 7.11 Å². The van der Waals surface area contributed by atoms with Crippen molar-refractivity contribution in [3.63, 3.8) is 0 Å². The van der Waals surface area contributed by atoms with Crippen LogP contribution in [0.2, 0.25) is 0 Å². The van der Waals surface area contributed by atoms with Gasteiger partial charge in [0.15, 0.2) is 0 Å². The van der Waals surface area contributed by atoms with Gasteiger partial charge in [-0.15, -0.1) is 0 Å². The van der Waals surface area contributed by atoms with Gasteiger partial charge in [-0.25, -0.2) is 0 Å². The lowest BCUT2D eigenvalue weighted by atomic mass is 10.1. The Morgan fingerprint density at radius 2 is 1.53 bits per heavy atom. The average Bonchev–Trinajstić information content (AvgIpc) is 2.44. The molecule has 0 heterocycles. The van der Waals surface area contributed by atoms with Gasteiger partial charge in [-0.05, 0) is 19.3 Å². The predicted molar refractivity (Wildman–Crippen MR) is 80.7 cm³/mol. The van der Waals surface area contributed by atoms with Crippen molar-refractivity contribution in [2.75, 3.05) is 33.5 Å². The number of ether oxygens (including phenoxy) is 3. The SMILES string of the molecule is CCCCCCCCOCC(CC)OCCCOC. The molecular formula is C16H34O3.